The van der Waals surface area contributed by atoms with E-state index in [4.69, 9.17) is 14.6 Å². The van der Waals surface area contributed by atoms with Crippen LogP contribution < -0.4 is 10.6 Å². The Morgan fingerprint density at radius 2 is 1.82 bits per heavy atom. The molecule has 0 aromatic rings. The molecule has 0 radical (unpaired) electrons. The van der Waals surface area contributed by atoms with Crippen molar-refractivity contribution in [3.63, 3.8) is 0 Å². The van der Waals surface area contributed by atoms with E-state index in [0.29, 0.717) is 39.0 Å². The summed E-state index contributed by atoms with van der Waals surface area (Å²) in [5, 5.41) is 14.1. The first-order valence-electron chi connectivity index (χ1n) is 7.39. The van der Waals surface area contributed by atoms with Crippen LogP contribution in [-0.2, 0) is 23.9 Å². The average Bonchev–Trinajstić information content (AvgIpc) is 2.45. The second-order valence-electron chi connectivity index (χ2n) is 4.69. The monoisotopic (exact) mass is 318 g/mol. The Labute approximate surface area is 130 Å². The van der Waals surface area contributed by atoms with E-state index in [2.05, 4.69) is 10.6 Å². The lowest BCUT2D eigenvalue weighted by Crippen LogP contribution is -2.42. The lowest BCUT2D eigenvalue weighted by Gasteiger charge is -2.14. The van der Waals surface area contributed by atoms with Crippen molar-refractivity contribution in [1.29, 1.82) is 0 Å². The zero-order valence-corrected chi connectivity index (χ0v) is 13.2. The van der Waals surface area contributed by atoms with Gasteiger partial charge in [-0.2, -0.15) is 0 Å². The average molecular weight is 318 g/mol. The molecule has 1 atom stereocenters. The van der Waals surface area contributed by atoms with Crippen LogP contribution in [0.15, 0.2) is 0 Å². The van der Waals surface area contributed by atoms with Gasteiger partial charge < -0.3 is 25.2 Å². The Morgan fingerprint density at radius 1 is 1.14 bits per heavy atom. The molecule has 0 bridgehead atoms. The molecule has 0 aromatic heterocycles. The van der Waals surface area contributed by atoms with Crippen LogP contribution in [0, 0.1) is 0 Å². The lowest BCUT2D eigenvalue weighted by atomic mass is 10.1. The van der Waals surface area contributed by atoms with E-state index in [1.54, 1.807) is 0 Å². The van der Waals surface area contributed by atoms with Crippen LogP contribution in [0.3, 0.4) is 0 Å². The molecular weight excluding hydrogens is 292 g/mol. The summed E-state index contributed by atoms with van der Waals surface area (Å²) in [6, 6.07) is -0.944. The van der Waals surface area contributed by atoms with Crippen LogP contribution in [0.1, 0.15) is 33.1 Å². The number of hydrogen-bond acceptors (Lipinski definition) is 5. The minimum Gasteiger partial charge on any atom is -0.480 e. The normalized spacial score (nSPS) is 11.7. The molecule has 0 saturated carbocycles. The maximum absolute atomic E-state index is 11.6. The van der Waals surface area contributed by atoms with Crippen LogP contribution in [0.25, 0.3) is 0 Å². The number of rotatable bonds is 13. The zero-order valence-electron chi connectivity index (χ0n) is 13.2. The summed E-state index contributed by atoms with van der Waals surface area (Å²) in [7, 11) is 0. The first-order chi connectivity index (χ1) is 10.5. The predicted molar refractivity (Wildman–Crippen MR) is 79.4 cm³/mol. The van der Waals surface area contributed by atoms with E-state index in [-0.39, 0.29) is 19.1 Å². The van der Waals surface area contributed by atoms with Gasteiger partial charge in [-0.15, -0.1) is 0 Å². The number of nitrogens with one attached hydrogen (secondary N) is 2. The highest BCUT2D eigenvalue weighted by atomic mass is 16.5. The Kier molecular flexibility index (Phi) is 12.0. The van der Waals surface area contributed by atoms with Gasteiger partial charge >= 0.3 is 5.97 Å². The minimum atomic E-state index is -1.08. The molecule has 22 heavy (non-hydrogen) atoms. The molecule has 0 aliphatic rings. The van der Waals surface area contributed by atoms with E-state index in [9.17, 15) is 14.4 Å². The molecule has 0 rings (SSSR count). The molecule has 1 unspecified atom stereocenters. The summed E-state index contributed by atoms with van der Waals surface area (Å²) in [5.41, 5.74) is 0. The number of carboxylic acids is 1. The van der Waals surface area contributed by atoms with Crippen molar-refractivity contribution in [2.75, 3.05) is 33.0 Å². The second-order valence-corrected chi connectivity index (χ2v) is 4.69. The predicted octanol–water partition coefficient (Wildman–Crippen LogP) is -0.0847. The molecule has 0 saturated heterocycles. The fourth-order valence-electron chi connectivity index (χ4n) is 1.66. The SMILES string of the molecule is CCOCCOCC(=O)NC(CCCCNC(C)=O)C(=O)O. The van der Waals surface area contributed by atoms with Crippen LogP contribution in [0.4, 0.5) is 0 Å². The molecule has 8 nitrogen and oxygen atoms in total. The van der Waals surface area contributed by atoms with E-state index >= 15 is 0 Å². The number of aliphatic carboxylic acids is 1. The molecule has 8 heteroatoms. The third-order valence-corrected chi connectivity index (χ3v) is 2.74. The smallest absolute Gasteiger partial charge is 0.326 e. The summed E-state index contributed by atoms with van der Waals surface area (Å²) in [6.07, 6.45) is 1.55. The van der Waals surface area contributed by atoms with Gasteiger partial charge in [0.15, 0.2) is 0 Å². The fourth-order valence-corrected chi connectivity index (χ4v) is 1.66. The highest BCUT2D eigenvalue weighted by Crippen LogP contribution is 2.01. The van der Waals surface area contributed by atoms with Gasteiger partial charge in [-0.3, -0.25) is 9.59 Å². The van der Waals surface area contributed by atoms with Gasteiger partial charge in [0, 0.05) is 20.1 Å². The molecule has 0 fully saturated rings. The van der Waals surface area contributed by atoms with Crippen LogP contribution in [0.2, 0.25) is 0 Å². The summed E-state index contributed by atoms with van der Waals surface area (Å²) in [5.74, 6) is -1.67. The van der Waals surface area contributed by atoms with Crippen molar-refractivity contribution in [2.24, 2.45) is 0 Å². The van der Waals surface area contributed by atoms with Gasteiger partial charge in [-0.1, -0.05) is 0 Å². The summed E-state index contributed by atoms with van der Waals surface area (Å²) in [6.45, 7) is 4.85. The van der Waals surface area contributed by atoms with Crippen molar-refractivity contribution in [1.82, 2.24) is 10.6 Å². The molecular formula is C14H26N2O6. The Morgan fingerprint density at radius 3 is 2.41 bits per heavy atom. The van der Waals surface area contributed by atoms with Gasteiger partial charge in [0.25, 0.3) is 0 Å². The molecule has 0 aliphatic carbocycles. The number of carboxylic acid groups (broad SMARTS) is 1. The molecule has 0 aromatic carbocycles. The highest BCUT2D eigenvalue weighted by Gasteiger charge is 2.19. The van der Waals surface area contributed by atoms with Crippen molar-refractivity contribution in [3.05, 3.63) is 0 Å². The first kappa shape index (κ1) is 20.3. The molecule has 0 aliphatic heterocycles. The third-order valence-electron chi connectivity index (χ3n) is 2.74. The van der Waals surface area contributed by atoms with Crippen LogP contribution in [-0.4, -0.2) is 61.9 Å². The lowest BCUT2D eigenvalue weighted by molar-refractivity contribution is -0.142. The number of ether oxygens (including phenoxy) is 2. The van der Waals surface area contributed by atoms with E-state index in [1.807, 2.05) is 6.92 Å². The van der Waals surface area contributed by atoms with Gasteiger partial charge in [-0.25, -0.2) is 4.79 Å². The maximum Gasteiger partial charge on any atom is 0.326 e. The quantitative estimate of drug-likeness (QED) is 0.409. The van der Waals surface area contributed by atoms with Crippen molar-refractivity contribution in [3.8, 4) is 0 Å². The van der Waals surface area contributed by atoms with Gasteiger partial charge in [0.2, 0.25) is 11.8 Å². The van der Waals surface area contributed by atoms with E-state index in [0.717, 1.165) is 0 Å². The minimum absolute atomic E-state index is 0.118. The number of carbonyl (C=O) groups excluding carboxylic acids is 2. The van der Waals surface area contributed by atoms with Gasteiger partial charge in [0.1, 0.15) is 12.6 Å². The van der Waals surface area contributed by atoms with Gasteiger partial charge in [0.05, 0.1) is 13.2 Å². The zero-order chi connectivity index (χ0) is 16.8. The topological polar surface area (TPSA) is 114 Å². The van der Waals surface area contributed by atoms with E-state index in [1.165, 1.54) is 6.92 Å². The Bertz CT molecular complexity index is 348. The largest absolute Gasteiger partial charge is 0.480 e. The van der Waals surface area contributed by atoms with Crippen molar-refractivity contribution >= 4 is 17.8 Å². The maximum atomic E-state index is 11.6. The summed E-state index contributed by atoms with van der Waals surface area (Å²) in [4.78, 5) is 33.3. The summed E-state index contributed by atoms with van der Waals surface area (Å²) < 4.78 is 10.1. The third kappa shape index (κ3) is 12.1. The molecule has 0 heterocycles. The highest BCUT2D eigenvalue weighted by molar-refractivity contribution is 5.84. The Balaban J connectivity index is 3.85. The Hall–Kier alpha value is -1.67. The second kappa shape index (κ2) is 13.0. The molecule has 128 valence electrons. The molecule has 2 amide bonds. The molecule has 0 spiro atoms. The number of unbranched alkanes of at least 4 members (excludes halogenated alkanes) is 1. The molecule has 3 N–H and O–H groups in total. The standard InChI is InChI=1S/C14H26N2O6/c1-3-21-8-9-22-10-13(18)16-12(14(19)20)6-4-5-7-15-11(2)17/h12H,3-10H2,1-2H3,(H,15,17)(H,16,18)(H,19,20). The first-order valence-corrected chi connectivity index (χ1v) is 7.39. The van der Waals surface area contributed by atoms with Crippen LogP contribution >= 0.6 is 0 Å². The number of hydrogen-bond donors (Lipinski definition) is 3. The van der Waals surface area contributed by atoms with Crippen molar-refractivity contribution in [2.45, 2.75) is 39.2 Å². The fraction of sp³-hybridized carbons (Fsp3) is 0.786. The summed E-state index contributed by atoms with van der Waals surface area (Å²) >= 11 is 0. The van der Waals surface area contributed by atoms with Gasteiger partial charge in [-0.05, 0) is 26.2 Å². The van der Waals surface area contributed by atoms with Crippen molar-refractivity contribution < 1.29 is 29.0 Å². The van der Waals surface area contributed by atoms with E-state index < -0.39 is 17.9 Å². The number of amides is 2. The van der Waals surface area contributed by atoms with Crippen LogP contribution in [0.5, 0.6) is 0 Å². The number of carbonyl (C=O) groups is 3.